The number of sulfone groups is 1. The van der Waals surface area contributed by atoms with E-state index in [4.69, 9.17) is 4.74 Å². The molecule has 2 atom stereocenters. The molecule has 2 aromatic carbocycles. The van der Waals surface area contributed by atoms with Gasteiger partial charge in [0.1, 0.15) is 11.0 Å². The van der Waals surface area contributed by atoms with Crippen molar-refractivity contribution in [3.8, 4) is 5.75 Å². The average molecular weight is 503 g/mol. The molecule has 6 heteroatoms. The molecule has 0 unspecified atom stereocenters. The van der Waals surface area contributed by atoms with Crippen LogP contribution in [-0.4, -0.2) is 37.2 Å². The molecule has 0 amide bonds. The van der Waals surface area contributed by atoms with Gasteiger partial charge in [0, 0.05) is 10.0 Å². The number of benzene rings is 2. The Balaban J connectivity index is 1.62. The van der Waals surface area contributed by atoms with E-state index < -0.39 is 15.1 Å². The van der Waals surface area contributed by atoms with Crippen LogP contribution >= 0.6 is 15.9 Å². The Morgan fingerprint density at radius 2 is 2.00 bits per heavy atom. The topological polar surface area (TPSA) is 63.6 Å². The molecular formula is C25H27BrO4S. The first-order chi connectivity index (χ1) is 14.9. The summed E-state index contributed by atoms with van der Waals surface area (Å²) in [6.07, 6.45) is 5.03. The van der Waals surface area contributed by atoms with E-state index in [9.17, 15) is 13.5 Å². The molecule has 0 bridgehead atoms. The van der Waals surface area contributed by atoms with Gasteiger partial charge in [-0.3, -0.25) is 0 Å². The minimum absolute atomic E-state index is 0.160. The number of hydrogen-bond acceptors (Lipinski definition) is 4. The van der Waals surface area contributed by atoms with Crippen LogP contribution in [0.25, 0.3) is 11.6 Å². The highest BCUT2D eigenvalue weighted by molar-refractivity contribution is 9.10. The van der Waals surface area contributed by atoms with Gasteiger partial charge in [-0.1, -0.05) is 65.2 Å². The summed E-state index contributed by atoms with van der Waals surface area (Å²) in [5, 5.41) is 9.86. The first kappa shape index (κ1) is 22.3. The van der Waals surface area contributed by atoms with Gasteiger partial charge in [-0.15, -0.1) is 0 Å². The predicted octanol–water partition coefficient (Wildman–Crippen LogP) is 5.77. The Morgan fingerprint density at radius 1 is 1.23 bits per heavy atom. The number of halogens is 1. The standard InChI is InChI=1S/C25H27BrO4S/c1-2-6-19-16-31(28,29)24-15-30-23(25(19)24)12-9-18(17-7-4-3-5-8-17)13-20-14-21(26)10-11-22(20)27/h3-5,7-8,10-11,13-14,23-24,27H,2,6,9,12,15-16H2,1H3/b18-13-/t23-,24+/m1/s1. The van der Waals surface area contributed by atoms with E-state index in [-0.39, 0.29) is 24.2 Å². The quantitative estimate of drug-likeness (QED) is 0.385. The summed E-state index contributed by atoms with van der Waals surface area (Å²) < 4.78 is 32.0. The first-order valence-corrected chi connectivity index (χ1v) is 13.2. The van der Waals surface area contributed by atoms with Gasteiger partial charge in [-0.25, -0.2) is 8.42 Å². The Labute approximate surface area is 192 Å². The van der Waals surface area contributed by atoms with Crippen LogP contribution in [0.5, 0.6) is 5.75 Å². The molecule has 0 spiro atoms. The second-order valence-electron chi connectivity index (χ2n) is 8.20. The third-order valence-electron chi connectivity index (χ3n) is 6.05. The minimum atomic E-state index is -3.13. The zero-order valence-corrected chi connectivity index (χ0v) is 20.0. The van der Waals surface area contributed by atoms with Gasteiger partial charge in [0.15, 0.2) is 9.84 Å². The number of hydrogen-bond donors (Lipinski definition) is 1. The zero-order chi connectivity index (χ0) is 22.0. The van der Waals surface area contributed by atoms with Gasteiger partial charge in [0.05, 0.1) is 18.5 Å². The maximum absolute atomic E-state index is 12.6. The van der Waals surface area contributed by atoms with Crippen LogP contribution < -0.4 is 0 Å². The Bertz CT molecular complexity index is 1120. The predicted molar refractivity (Wildman–Crippen MR) is 129 cm³/mol. The molecule has 2 heterocycles. The monoisotopic (exact) mass is 502 g/mol. The number of allylic oxidation sites excluding steroid dienone is 1. The molecule has 164 valence electrons. The van der Waals surface area contributed by atoms with Crippen LogP contribution in [0.3, 0.4) is 0 Å². The molecule has 2 aliphatic heterocycles. The number of phenolic OH excluding ortho intramolecular Hbond substituents is 1. The number of phenols is 1. The second kappa shape index (κ2) is 9.31. The van der Waals surface area contributed by atoms with Crippen molar-refractivity contribution >= 4 is 37.4 Å². The van der Waals surface area contributed by atoms with E-state index in [0.717, 1.165) is 51.6 Å². The van der Waals surface area contributed by atoms with Crippen LogP contribution in [0, 0.1) is 0 Å². The molecule has 1 N–H and O–H groups in total. The van der Waals surface area contributed by atoms with Crippen LogP contribution in [0.1, 0.15) is 43.7 Å². The lowest BCUT2D eigenvalue weighted by Gasteiger charge is -2.16. The van der Waals surface area contributed by atoms with E-state index in [1.165, 1.54) is 0 Å². The Hall–Kier alpha value is -1.89. The lowest BCUT2D eigenvalue weighted by atomic mass is 9.92. The molecule has 2 aromatic rings. The zero-order valence-electron chi connectivity index (χ0n) is 17.6. The highest BCUT2D eigenvalue weighted by Gasteiger charge is 2.46. The van der Waals surface area contributed by atoms with Crippen LogP contribution in [0.4, 0.5) is 0 Å². The fourth-order valence-corrected chi connectivity index (χ4v) is 6.96. The minimum Gasteiger partial charge on any atom is -0.507 e. The van der Waals surface area contributed by atoms with E-state index in [1.54, 1.807) is 6.07 Å². The summed E-state index contributed by atoms with van der Waals surface area (Å²) in [6, 6.07) is 15.5. The molecule has 0 aliphatic carbocycles. The van der Waals surface area contributed by atoms with E-state index in [0.29, 0.717) is 6.42 Å². The summed E-state index contributed by atoms with van der Waals surface area (Å²) in [6.45, 7) is 2.35. The number of fused-ring (bicyclic) bond motifs is 1. The van der Waals surface area contributed by atoms with Crippen molar-refractivity contribution in [2.45, 2.75) is 44.0 Å². The Kier molecular flexibility index (Phi) is 6.70. The molecular weight excluding hydrogens is 476 g/mol. The highest BCUT2D eigenvalue weighted by Crippen LogP contribution is 2.40. The lowest BCUT2D eigenvalue weighted by molar-refractivity contribution is 0.118. The third-order valence-corrected chi connectivity index (χ3v) is 8.55. The summed E-state index contributed by atoms with van der Waals surface area (Å²) in [5.41, 5.74) is 4.98. The van der Waals surface area contributed by atoms with Crippen molar-refractivity contribution in [1.29, 1.82) is 0 Å². The van der Waals surface area contributed by atoms with Crippen LogP contribution in [0.15, 0.2) is 64.1 Å². The smallest absolute Gasteiger partial charge is 0.163 e. The second-order valence-corrected chi connectivity index (χ2v) is 11.3. The molecule has 0 saturated carbocycles. The summed E-state index contributed by atoms with van der Waals surface area (Å²) in [7, 11) is -3.13. The summed E-state index contributed by atoms with van der Waals surface area (Å²) in [5.74, 6) is 0.414. The first-order valence-electron chi connectivity index (χ1n) is 10.7. The largest absolute Gasteiger partial charge is 0.507 e. The van der Waals surface area contributed by atoms with Crippen molar-refractivity contribution in [1.82, 2.24) is 0 Å². The van der Waals surface area contributed by atoms with Crippen molar-refractivity contribution in [2.24, 2.45) is 0 Å². The lowest BCUT2D eigenvalue weighted by Crippen LogP contribution is -2.19. The summed E-state index contributed by atoms with van der Waals surface area (Å²) >= 11 is 3.47. The van der Waals surface area contributed by atoms with Crippen LogP contribution in [0.2, 0.25) is 0 Å². The molecule has 1 fully saturated rings. The van der Waals surface area contributed by atoms with Gasteiger partial charge >= 0.3 is 0 Å². The van der Waals surface area contributed by atoms with E-state index in [1.807, 2.05) is 36.4 Å². The summed E-state index contributed by atoms with van der Waals surface area (Å²) in [4.78, 5) is 0. The number of ether oxygens (including phenoxy) is 1. The molecule has 4 nitrogen and oxygen atoms in total. The number of rotatable bonds is 7. The molecule has 0 radical (unpaired) electrons. The van der Waals surface area contributed by atoms with Crippen LogP contribution in [-0.2, 0) is 14.6 Å². The van der Waals surface area contributed by atoms with Gasteiger partial charge in [-0.2, -0.15) is 0 Å². The van der Waals surface area contributed by atoms with Crippen molar-refractivity contribution < 1.29 is 18.3 Å². The normalized spacial score (nSPS) is 22.7. The van der Waals surface area contributed by atoms with Crippen molar-refractivity contribution in [3.05, 3.63) is 75.3 Å². The average Bonchev–Trinajstić information content (AvgIpc) is 3.28. The van der Waals surface area contributed by atoms with Gasteiger partial charge in [0.2, 0.25) is 0 Å². The molecule has 0 aromatic heterocycles. The van der Waals surface area contributed by atoms with E-state index in [2.05, 4.69) is 35.0 Å². The maximum Gasteiger partial charge on any atom is 0.163 e. The van der Waals surface area contributed by atoms with Gasteiger partial charge in [0.25, 0.3) is 0 Å². The van der Waals surface area contributed by atoms with Gasteiger partial charge in [-0.05, 0) is 60.2 Å². The van der Waals surface area contributed by atoms with Gasteiger partial charge < -0.3 is 9.84 Å². The fourth-order valence-electron chi connectivity index (χ4n) is 4.59. The third kappa shape index (κ3) is 4.81. The molecule has 2 aliphatic rings. The molecule has 31 heavy (non-hydrogen) atoms. The number of aromatic hydroxyl groups is 1. The van der Waals surface area contributed by atoms with Crippen molar-refractivity contribution in [3.63, 3.8) is 0 Å². The van der Waals surface area contributed by atoms with Crippen molar-refractivity contribution in [2.75, 3.05) is 12.4 Å². The molecule has 4 rings (SSSR count). The van der Waals surface area contributed by atoms with E-state index >= 15 is 0 Å². The Morgan fingerprint density at radius 3 is 2.74 bits per heavy atom. The maximum atomic E-state index is 12.6. The molecule has 1 saturated heterocycles. The SMILES string of the molecule is CCCC1=C2[C@@H](CC/C(=C/c3cc(Br)ccc3O)c3ccccc3)OC[C@@H]2S(=O)(=O)C1. The highest BCUT2D eigenvalue weighted by atomic mass is 79.9. The fraction of sp³-hybridized carbons (Fsp3) is 0.360.